The average molecular weight is 689 g/mol. The summed E-state index contributed by atoms with van der Waals surface area (Å²) in [4.78, 5) is 89.4. The van der Waals surface area contributed by atoms with Gasteiger partial charge in [-0.3, -0.25) is 28.8 Å². The first-order chi connectivity index (χ1) is 22.2. The van der Waals surface area contributed by atoms with E-state index in [9.17, 15) is 43.8 Å². The van der Waals surface area contributed by atoms with Crippen LogP contribution in [0.25, 0.3) is 0 Å². The molecule has 0 unspecified atom stereocenters. The molecule has 1 heterocycles. The van der Waals surface area contributed by atoms with Crippen molar-refractivity contribution < 1.29 is 43.8 Å². The molecule has 0 aromatic carbocycles. The Kier molecular flexibility index (Phi) is 19.1. The molecule has 6 amide bonds. The summed E-state index contributed by atoms with van der Waals surface area (Å²) in [5.74, 6) is -3.66. The van der Waals surface area contributed by atoms with Crippen LogP contribution in [0.5, 0.6) is 0 Å². The van der Waals surface area contributed by atoms with Crippen LogP contribution in [0.4, 0.5) is 0 Å². The van der Waals surface area contributed by atoms with Crippen molar-refractivity contribution in [3.8, 4) is 0 Å². The number of thioether (sulfide) groups is 1. The molecule has 0 saturated carbocycles. The molecule has 0 aromatic rings. The van der Waals surface area contributed by atoms with E-state index in [1.165, 1.54) is 23.6 Å². The molecule has 0 spiro atoms. The summed E-state index contributed by atoms with van der Waals surface area (Å²) in [5.41, 5.74) is 5.49. The van der Waals surface area contributed by atoms with E-state index in [1.54, 1.807) is 20.8 Å². The number of hydrogen-bond acceptors (Lipinski definition) is 12. The normalized spacial score (nSPS) is 18.2. The molecule has 0 bridgehead atoms. The Morgan fingerprint density at radius 3 is 2.15 bits per heavy atom. The van der Waals surface area contributed by atoms with Gasteiger partial charge in [0.05, 0.1) is 31.3 Å². The van der Waals surface area contributed by atoms with Gasteiger partial charge >= 0.3 is 0 Å². The van der Waals surface area contributed by atoms with Crippen molar-refractivity contribution in [3.05, 3.63) is 0 Å². The summed E-state index contributed by atoms with van der Waals surface area (Å²) in [6.45, 7) is 6.13. The van der Waals surface area contributed by atoms with Crippen LogP contribution in [-0.4, -0.2) is 144 Å². The smallest absolute Gasteiger partial charge is 0.245 e. The second kappa shape index (κ2) is 21.5. The molecule has 7 atom stereocenters. The number of amides is 6. The molecule has 1 saturated heterocycles. The van der Waals surface area contributed by atoms with Crippen molar-refractivity contribution in [2.75, 3.05) is 44.8 Å². The van der Waals surface area contributed by atoms with Gasteiger partial charge in [0, 0.05) is 19.6 Å². The lowest BCUT2D eigenvalue weighted by atomic mass is 10.0. The number of rotatable bonds is 21. The van der Waals surface area contributed by atoms with Crippen LogP contribution >= 0.6 is 11.8 Å². The minimum Gasteiger partial charge on any atom is -0.394 e. The number of hydrogen-bond donors (Lipinski definition) is 9. The molecule has 17 nitrogen and oxygen atoms in total. The summed E-state index contributed by atoms with van der Waals surface area (Å²) in [6.07, 6.45) is 2.30. The maximum Gasteiger partial charge on any atom is 0.245 e. The molecule has 268 valence electrons. The minimum atomic E-state index is -1.54. The Morgan fingerprint density at radius 2 is 1.60 bits per heavy atom. The van der Waals surface area contributed by atoms with E-state index in [0.29, 0.717) is 44.4 Å². The SMILES string of the molecule is CSCC[C@@H](C=O)NC(=O)[C@@H](NC(=O)[C@H](CO)NC(=O)[C@@H](NC(=O)[C@@H]1CCCN1C(=O)CNCCNC(=O)[C@H](C)N)C(C)C)[C@@H](C)O. The van der Waals surface area contributed by atoms with Crippen molar-refractivity contribution in [1.82, 2.24) is 36.8 Å². The van der Waals surface area contributed by atoms with E-state index in [2.05, 4.69) is 31.9 Å². The zero-order valence-corrected chi connectivity index (χ0v) is 28.6. The summed E-state index contributed by atoms with van der Waals surface area (Å²) in [5, 5.41) is 35.4. The topological polar surface area (TPSA) is 261 Å². The molecule has 47 heavy (non-hydrogen) atoms. The number of aliphatic hydroxyl groups excluding tert-OH is 2. The lowest BCUT2D eigenvalue weighted by molar-refractivity contribution is -0.140. The van der Waals surface area contributed by atoms with Crippen LogP contribution in [-0.2, 0) is 33.6 Å². The number of nitrogens with one attached hydrogen (secondary N) is 6. The number of nitrogens with zero attached hydrogens (tertiary/aromatic N) is 1. The maximum absolute atomic E-state index is 13.3. The molecule has 10 N–H and O–H groups in total. The van der Waals surface area contributed by atoms with E-state index < -0.39 is 78.5 Å². The van der Waals surface area contributed by atoms with E-state index in [4.69, 9.17) is 5.73 Å². The first-order valence-electron chi connectivity index (χ1n) is 15.7. The van der Waals surface area contributed by atoms with Crippen molar-refractivity contribution >= 4 is 53.5 Å². The monoisotopic (exact) mass is 688 g/mol. The molecule has 0 radical (unpaired) electrons. The predicted molar refractivity (Wildman–Crippen MR) is 175 cm³/mol. The van der Waals surface area contributed by atoms with Gasteiger partial charge in [0.25, 0.3) is 0 Å². The molecule has 18 heteroatoms. The van der Waals surface area contributed by atoms with E-state index in [1.807, 2.05) is 6.26 Å². The van der Waals surface area contributed by atoms with Gasteiger partial charge < -0.3 is 57.5 Å². The zero-order valence-electron chi connectivity index (χ0n) is 27.7. The molecular weight excluding hydrogens is 636 g/mol. The number of nitrogens with two attached hydrogens (primary N) is 1. The van der Waals surface area contributed by atoms with Crippen LogP contribution in [0, 0.1) is 5.92 Å². The lowest BCUT2D eigenvalue weighted by Crippen LogP contribution is -2.61. The lowest BCUT2D eigenvalue weighted by Gasteiger charge is -2.29. The molecule has 0 aliphatic carbocycles. The highest BCUT2D eigenvalue weighted by Crippen LogP contribution is 2.18. The summed E-state index contributed by atoms with van der Waals surface area (Å²) in [7, 11) is 0. The minimum absolute atomic E-state index is 0.0711. The van der Waals surface area contributed by atoms with Crippen LogP contribution in [0.1, 0.15) is 47.0 Å². The number of carbonyl (C=O) groups excluding carboxylic acids is 7. The fourth-order valence-electron chi connectivity index (χ4n) is 4.66. The molecule has 1 aliphatic rings. The van der Waals surface area contributed by atoms with Crippen LogP contribution in [0.15, 0.2) is 0 Å². The van der Waals surface area contributed by atoms with Crippen molar-refractivity contribution in [1.29, 1.82) is 0 Å². The summed E-state index contributed by atoms with van der Waals surface area (Å²) < 4.78 is 0. The van der Waals surface area contributed by atoms with Gasteiger partial charge in [0.1, 0.15) is 30.5 Å². The fourth-order valence-corrected chi connectivity index (χ4v) is 5.15. The quantitative estimate of drug-likeness (QED) is 0.0412. The highest BCUT2D eigenvalue weighted by atomic mass is 32.2. The molecule has 0 aromatic heterocycles. The molecular formula is C29H52N8O9S. The van der Waals surface area contributed by atoms with Crippen molar-refractivity contribution in [2.24, 2.45) is 11.7 Å². The fraction of sp³-hybridized carbons (Fsp3) is 0.759. The highest BCUT2D eigenvalue weighted by molar-refractivity contribution is 7.98. The van der Waals surface area contributed by atoms with Gasteiger partial charge in [-0.2, -0.15) is 11.8 Å². The number of aldehydes is 1. The largest absolute Gasteiger partial charge is 0.394 e. The summed E-state index contributed by atoms with van der Waals surface area (Å²) >= 11 is 1.47. The van der Waals surface area contributed by atoms with Gasteiger partial charge in [-0.15, -0.1) is 0 Å². The number of carbonyl (C=O) groups is 7. The van der Waals surface area contributed by atoms with E-state index in [0.717, 1.165) is 0 Å². The van der Waals surface area contributed by atoms with Gasteiger partial charge in [-0.1, -0.05) is 13.8 Å². The predicted octanol–water partition coefficient (Wildman–Crippen LogP) is -4.05. The van der Waals surface area contributed by atoms with Crippen molar-refractivity contribution in [3.63, 3.8) is 0 Å². The Labute approximate surface area is 279 Å². The second-order valence-corrected chi connectivity index (χ2v) is 12.7. The zero-order chi connectivity index (χ0) is 35.7. The van der Waals surface area contributed by atoms with Gasteiger partial charge in [0.15, 0.2) is 0 Å². The first-order valence-corrected chi connectivity index (χ1v) is 17.1. The summed E-state index contributed by atoms with van der Waals surface area (Å²) in [6, 6.07) is -6.49. The number of likely N-dealkylation sites (tertiary alicyclic amines) is 1. The maximum atomic E-state index is 13.3. The molecule has 1 fully saturated rings. The van der Waals surface area contributed by atoms with Crippen LogP contribution < -0.4 is 37.6 Å². The van der Waals surface area contributed by atoms with Crippen LogP contribution in [0.2, 0.25) is 0 Å². The second-order valence-electron chi connectivity index (χ2n) is 11.7. The Balaban J connectivity index is 2.82. The first kappa shape index (κ1) is 41.7. The third kappa shape index (κ3) is 14.1. The third-order valence-corrected chi connectivity index (χ3v) is 8.06. The average Bonchev–Trinajstić information content (AvgIpc) is 3.52. The van der Waals surface area contributed by atoms with Gasteiger partial charge in [-0.05, 0) is 51.0 Å². The Bertz CT molecular complexity index is 1080. The van der Waals surface area contributed by atoms with E-state index >= 15 is 0 Å². The molecule has 1 aliphatic heterocycles. The van der Waals surface area contributed by atoms with Gasteiger partial charge in [-0.25, -0.2) is 0 Å². The van der Waals surface area contributed by atoms with Crippen molar-refractivity contribution in [2.45, 2.75) is 89.3 Å². The highest BCUT2D eigenvalue weighted by Gasteiger charge is 2.37. The Hall–Kier alpha value is -3.32. The Morgan fingerprint density at radius 1 is 0.936 bits per heavy atom. The van der Waals surface area contributed by atoms with Crippen LogP contribution in [0.3, 0.4) is 0 Å². The van der Waals surface area contributed by atoms with E-state index in [-0.39, 0.29) is 24.9 Å². The standard InChI is InChI=1S/C29H52N8O9S/c1-16(2)23(35-27(44)21-7-6-11-37(21)22(41)13-31-9-10-32-25(42)17(3)30)28(45)34-20(15-39)26(43)36-24(18(4)40)29(46)33-19(14-38)8-12-47-5/h14,16-21,23-24,31,39-40H,6-13,15,30H2,1-5H3,(H,32,42)(H,33,46)(H,34,45)(H,35,44)(H,36,43)/t17-,18+,19-,20-,21-,23-,24-/m0/s1. The molecule has 1 rings (SSSR count). The number of aliphatic hydroxyl groups is 2. The van der Waals surface area contributed by atoms with Gasteiger partial charge in [0.2, 0.25) is 35.4 Å². The third-order valence-electron chi connectivity index (χ3n) is 7.42.